The molecule has 1 aliphatic rings. The Morgan fingerprint density at radius 3 is 2.40 bits per heavy atom. The van der Waals surface area contributed by atoms with E-state index < -0.39 is 0 Å². The van der Waals surface area contributed by atoms with Crippen molar-refractivity contribution in [3.63, 3.8) is 0 Å². The molecule has 0 amide bonds. The highest BCUT2D eigenvalue weighted by Gasteiger charge is 2.22. The van der Waals surface area contributed by atoms with E-state index in [0.29, 0.717) is 6.04 Å². The molecule has 2 atom stereocenters. The summed E-state index contributed by atoms with van der Waals surface area (Å²) in [6, 6.07) is 0.477. The second kappa shape index (κ2) is 6.46. The zero-order valence-corrected chi connectivity index (χ0v) is 10.6. The van der Waals surface area contributed by atoms with Crippen molar-refractivity contribution in [3.8, 4) is 0 Å². The molecule has 1 rings (SSSR count). The van der Waals surface area contributed by atoms with Crippen molar-refractivity contribution in [3.05, 3.63) is 0 Å². The fraction of sp³-hybridized carbons (Fsp3) is 1.00. The number of rotatable bonds is 6. The molecular weight excluding hydrogens is 186 g/mol. The van der Waals surface area contributed by atoms with E-state index in [9.17, 15) is 0 Å². The monoisotopic (exact) mass is 213 g/mol. The lowest BCUT2D eigenvalue weighted by Crippen LogP contribution is -2.28. The number of hydrogen-bond donors (Lipinski definition) is 1. The van der Waals surface area contributed by atoms with E-state index >= 15 is 0 Å². The Hall–Kier alpha value is -0.120. The van der Waals surface area contributed by atoms with Crippen LogP contribution >= 0.6 is 0 Å². The normalized spacial score (nSPS) is 26.8. The molecule has 0 aromatic heterocycles. The lowest BCUT2D eigenvalue weighted by Gasteiger charge is -2.21. The van der Waals surface area contributed by atoms with Gasteiger partial charge in [-0.3, -0.25) is 0 Å². The molecular formula is C12H27N3. The highest BCUT2D eigenvalue weighted by atomic mass is 15.1. The van der Waals surface area contributed by atoms with Crippen LogP contribution in [0.5, 0.6) is 0 Å². The van der Waals surface area contributed by atoms with Crippen molar-refractivity contribution < 1.29 is 0 Å². The van der Waals surface area contributed by atoms with E-state index in [1.165, 1.54) is 45.3 Å². The third-order valence-electron chi connectivity index (χ3n) is 3.30. The second-order valence-electron chi connectivity index (χ2n) is 5.36. The Bertz CT molecular complexity index is 170. The fourth-order valence-corrected chi connectivity index (χ4v) is 2.47. The van der Waals surface area contributed by atoms with Gasteiger partial charge in [-0.25, -0.2) is 0 Å². The van der Waals surface area contributed by atoms with Crippen LogP contribution in [-0.2, 0) is 0 Å². The largest absolute Gasteiger partial charge is 0.328 e. The second-order valence-corrected chi connectivity index (χ2v) is 5.36. The van der Waals surface area contributed by atoms with E-state index in [1.807, 2.05) is 0 Å². The van der Waals surface area contributed by atoms with E-state index in [-0.39, 0.29) is 0 Å². The summed E-state index contributed by atoms with van der Waals surface area (Å²) in [5.74, 6) is 0.851. The van der Waals surface area contributed by atoms with Crippen LogP contribution in [0, 0.1) is 5.92 Å². The lowest BCUT2D eigenvalue weighted by atomic mass is 10.1. The van der Waals surface area contributed by atoms with Gasteiger partial charge in [0.05, 0.1) is 0 Å². The summed E-state index contributed by atoms with van der Waals surface area (Å²) in [5.41, 5.74) is 5.92. The van der Waals surface area contributed by atoms with Crippen LogP contribution in [0.4, 0.5) is 0 Å². The van der Waals surface area contributed by atoms with Crippen LogP contribution in [0.15, 0.2) is 0 Å². The van der Waals surface area contributed by atoms with Crippen molar-refractivity contribution in [2.45, 2.75) is 31.7 Å². The summed E-state index contributed by atoms with van der Waals surface area (Å²) in [5, 5.41) is 0. The SMILES string of the molecule is CN(C)CCCN(C)CC1CCC(N)C1. The summed E-state index contributed by atoms with van der Waals surface area (Å²) < 4.78 is 0. The maximum Gasteiger partial charge on any atom is 0.00420 e. The number of nitrogens with two attached hydrogens (primary N) is 1. The zero-order chi connectivity index (χ0) is 11.3. The molecule has 0 bridgehead atoms. The van der Waals surface area contributed by atoms with Crippen LogP contribution in [0.3, 0.4) is 0 Å². The molecule has 0 aliphatic heterocycles. The van der Waals surface area contributed by atoms with Crippen molar-refractivity contribution in [1.82, 2.24) is 9.80 Å². The molecule has 0 aromatic carbocycles. The first-order valence-electron chi connectivity index (χ1n) is 6.16. The van der Waals surface area contributed by atoms with Gasteiger partial charge in [0.15, 0.2) is 0 Å². The summed E-state index contributed by atoms with van der Waals surface area (Å²) in [4.78, 5) is 4.71. The molecule has 1 saturated carbocycles. The van der Waals surface area contributed by atoms with Crippen LogP contribution in [0.25, 0.3) is 0 Å². The summed E-state index contributed by atoms with van der Waals surface area (Å²) in [6.07, 6.45) is 5.07. The van der Waals surface area contributed by atoms with Gasteiger partial charge in [0.2, 0.25) is 0 Å². The zero-order valence-electron chi connectivity index (χ0n) is 10.6. The lowest BCUT2D eigenvalue weighted by molar-refractivity contribution is 0.260. The first-order valence-corrected chi connectivity index (χ1v) is 6.16. The average molecular weight is 213 g/mol. The fourth-order valence-electron chi connectivity index (χ4n) is 2.47. The molecule has 15 heavy (non-hydrogen) atoms. The van der Waals surface area contributed by atoms with Gasteiger partial charge < -0.3 is 15.5 Å². The first-order chi connectivity index (χ1) is 7.08. The maximum atomic E-state index is 5.92. The minimum absolute atomic E-state index is 0.477. The van der Waals surface area contributed by atoms with E-state index in [2.05, 4.69) is 30.9 Å². The van der Waals surface area contributed by atoms with Gasteiger partial charge in [0.1, 0.15) is 0 Å². The van der Waals surface area contributed by atoms with Crippen molar-refractivity contribution in [1.29, 1.82) is 0 Å². The summed E-state index contributed by atoms with van der Waals surface area (Å²) >= 11 is 0. The predicted molar refractivity (Wildman–Crippen MR) is 66.0 cm³/mol. The van der Waals surface area contributed by atoms with Crippen LogP contribution in [0.2, 0.25) is 0 Å². The minimum Gasteiger partial charge on any atom is -0.328 e. The number of nitrogens with zero attached hydrogens (tertiary/aromatic N) is 2. The van der Waals surface area contributed by atoms with Gasteiger partial charge in [-0.1, -0.05) is 0 Å². The molecule has 2 N–H and O–H groups in total. The molecule has 0 spiro atoms. The minimum atomic E-state index is 0.477. The molecule has 0 heterocycles. The van der Waals surface area contributed by atoms with Crippen LogP contribution in [0.1, 0.15) is 25.7 Å². The third kappa shape index (κ3) is 5.50. The summed E-state index contributed by atoms with van der Waals surface area (Å²) in [7, 11) is 6.51. The Kier molecular flexibility index (Phi) is 5.58. The highest BCUT2D eigenvalue weighted by molar-refractivity contribution is 4.79. The van der Waals surface area contributed by atoms with Gasteiger partial charge in [0.25, 0.3) is 0 Å². The van der Waals surface area contributed by atoms with Gasteiger partial charge >= 0.3 is 0 Å². The van der Waals surface area contributed by atoms with Gasteiger partial charge in [-0.2, -0.15) is 0 Å². The van der Waals surface area contributed by atoms with Crippen molar-refractivity contribution >= 4 is 0 Å². The van der Waals surface area contributed by atoms with Crippen LogP contribution < -0.4 is 5.73 Å². The first kappa shape index (κ1) is 12.9. The molecule has 90 valence electrons. The molecule has 0 saturated heterocycles. The smallest absolute Gasteiger partial charge is 0.00420 e. The third-order valence-corrected chi connectivity index (χ3v) is 3.30. The van der Waals surface area contributed by atoms with Crippen LogP contribution in [-0.4, -0.2) is 56.6 Å². The van der Waals surface area contributed by atoms with Gasteiger partial charge in [-0.15, -0.1) is 0 Å². The van der Waals surface area contributed by atoms with E-state index in [0.717, 1.165) is 5.92 Å². The molecule has 1 fully saturated rings. The predicted octanol–water partition coefficient (Wildman–Crippen LogP) is 0.997. The molecule has 0 aromatic rings. The van der Waals surface area contributed by atoms with Gasteiger partial charge in [-0.05, 0) is 65.8 Å². The highest BCUT2D eigenvalue weighted by Crippen LogP contribution is 2.24. The Morgan fingerprint density at radius 2 is 1.87 bits per heavy atom. The Balaban J connectivity index is 2.05. The maximum absolute atomic E-state index is 5.92. The standard InChI is InChI=1S/C12H27N3/c1-14(2)7-4-8-15(3)10-11-5-6-12(13)9-11/h11-12H,4-10,13H2,1-3H3. The quantitative estimate of drug-likeness (QED) is 0.714. The van der Waals surface area contributed by atoms with Crippen molar-refractivity contribution in [2.75, 3.05) is 40.8 Å². The van der Waals surface area contributed by atoms with Gasteiger partial charge in [0, 0.05) is 12.6 Å². The topological polar surface area (TPSA) is 32.5 Å². The Morgan fingerprint density at radius 1 is 1.13 bits per heavy atom. The van der Waals surface area contributed by atoms with E-state index in [1.54, 1.807) is 0 Å². The average Bonchev–Trinajstić information content (AvgIpc) is 2.50. The van der Waals surface area contributed by atoms with E-state index in [4.69, 9.17) is 5.73 Å². The Labute approximate surface area is 94.6 Å². The molecule has 0 radical (unpaired) electrons. The molecule has 3 heteroatoms. The molecule has 1 aliphatic carbocycles. The number of hydrogen-bond acceptors (Lipinski definition) is 3. The molecule has 3 nitrogen and oxygen atoms in total. The van der Waals surface area contributed by atoms with Crippen molar-refractivity contribution in [2.24, 2.45) is 11.7 Å². The summed E-state index contributed by atoms with van der Waals surface area (Å²) in [6.45, 7) is 3.64. The molecule has 2 unspecified atom stereocenters.